The van der Waals surface area contributed by atoms with Gasteiger partial charge in [0.2, 0.25) is 5.95 Å². The van der Waals surface area contributed by atoms with Crippen LogP contribution in [0.2, 0.25) is 0 Å². The molecule has 2 aliphatic heterocycles. The average molecular weight is 719 g/mol. The van der Waals surface area contributed by atoms with Gasteiger partial charge in [0, 0.05) is 13.0 Å². The number of imidazole rings is 2. The van der Waals surface area contributed by atoms with Crippen LogP contribution in [-0.4, -0.2) is 99.9 Å². The van der Waals surface area contributed by atoms with Crippen LogP contribution in [0.25, 0.3) is 22.3 Å². The number of aliphatic hydroxyl groups excluding tert-OH is 1. The van der Waals surface area contributed by atoms with E-state index in [1.807, 2.05) is 0 Å². The average Bonchev–Trinajstić information content (AvgIpc) is 3.75. The number of aromatic nitrogens is 8. The lowest BCUT2D eigenvalue weighted by molar-refractivity contribution is -0.0548. The minimum atomic E-state index is -4.19. The number of nitrogens with one attached hydrogen (secondary N) is 1. The summed E-state index contributed by atoms with van der Waals surface area (Å²) in [5, 5.41) is 11.4. The van der Waals surface area contributed by atoms with E-state index in [1.54, 1.807) is 4.57 Å². The quantitative estimate of drug-likeness (QED) is 0.120. The summed E-state index contributed by atoms with van der Waals surface area (Å²) >= 11 is 9.59. The van der Waals surface area contributed by atoms with Gasteiger partial charge in [-0.2, -0.15) is 4.98 Å². The Morgan fingerprint density at radius 3 is 2.63 bits per heavy atom. The number of nitrogens with zero attached hydrogens (tertiary/aromatic N) is 7. The highest BCUT2D eigenvalue weighted by Gasteiger charge is 2.53. The molecule has 10 atom stereocenters. The van der Waals surface area contributed by atoms with E-state index in [9.17, 15) is 19.4 Å². The van der Waals surface area contributed by atoms with Gasteiger partial charge in [-0.3, -0.25) is 27.9 Å². The summed E-state index contributed by atoms with van der Waals surface area (Å²) < 4.78 is 51.7. The molecule has 248 valence electrons. The number of methoxy groups -OCH3 is 1. The van der Waals surface area contributed by atoms with Crippen molar-refractivity contribution < 1.29 is 42.1 Å². The molecule has 20 nitrogen and oxygen atoms in total. The molecule has 3 fully saturated rings. The molecule has 1 aliphatic carbocycles. The molecule has 24 heteroatoms. The third-order valence-corrected chi connectivity index (χ3v) is 11.3. The first-order chi connectivity index (χ1) is 21.9. The minimum absolute atomic E-state index is 0.0345. The Bertz CT molecular complexity index is 1960. The summed E-state index contributed by atoms with van der Waals surface area (Å²) in [4.78, 5) is 46.8. The van der Waals surface area contributed by atoms with E-state index in [1.165, 1.54) is 30.7 Å². The Morgan fingerprint density at radius 1 is 1.09 bits per heavy atom. The van der Waals surface area contributed by atoms with Crippen molar-refractivity contribution in [2.24, 2.45) is 5.92 Å². The Balaban J connectivity index is 1.22. The van der Waals surface area contributed by atoms with Crippen molar-refractivity contribution in [1.29, 1.82) is 0 Å². The smallest absolute Gasteiger partial charge is 0.386 e. The number of aliphatic hydroxyl groups is 1. The third kappa shape index (κ3) is 5.65. The van der Waals surface area contributed by atoms with Crippen molar-refractivity contribution in [2.45, 2.75) is 49.2 Å². The lowest BCUT2D eigenvalue weighted by atomic mass is 10.1. The van der Waals surface area contributed by atoms with Crippen LogP contribution >= 0.6 is 25.8 Å². The van der Waals surface area contributed by atoms with Crippen LogP contribution in [0.4, 0.5) is 11.8 Å². The summed E-state index contributed by atoms with van der Waals surface area (Å²) in [5.41, 5.74) is 11.8. The van der Waals surface area contributed by atoms with Gasteiger partial charge in [0.1, 0.15) is 42.4 Å². The normalized spacial score (nSPS) is 37.1. The molecule has 46 heavy (non-hydrogen) atoms. The number of hydrogen-bond acceptors (Lipinski definition) is 17. The number of anilines is 2. The number of ether oxygens (including phenoxy) is 2. The molecule has 0 amide bonds. The Hall–Kier alpha value is -2.59. The first kappa shape index (κ1) is 32.0. The van der Waals surface area contributed by atoms with Gasteiger partial charge in [0.05, 0.1) is 31.9 Å². The highest BCUT2D eigenvalue weighted by atomic mass is 32.7. The number of fused-ring (bicyclic) bond motifs is 5. The zero-order valence-corrected chi connectivity index (χ0v) is 27.2. The largest absolute Gasteiger partial charge is 0.388 e. The van der Waals surface area contributed by atoms with Crippen LogP contribution < -0.4 is 17.0 Å². The topological polar surface area (TPSA) is 272 Å². The Labute approximate surface area is 268 Å². The summed E-state index contributed by atoms with van der Waals surface area (Å²) in [6.07, 6.45) is -2.55. The molecule has 7 N–H and O–H groups in total. The first-order valence-corrected chi connectivity index (χ1v) is 19.0. The number of H-pyrrole nitrogens is 1. The highest BCUT2D eigenvalue weighted by molar-refractivity contribution is 8.44. The van der Waals surface area contributed by atoms with Crippen LogP contribution in [0, 0.1) is 5.92 Å². The number of hydrogen-bond donors (Lipinski definition) is 6. The highest BCUT2D eigenvalue weighted by Crippen LogP contribution is 2.59. The maximum absolute atomic E-state index is 13.6. The minimum Gasteiger partial charge on any atom is -0.388 e. The van der Waals surface area contributed by atoms with Gasteiger partial charge in [0.15, 0.2) is 28.9 Å². The molecule has 2 unspecified atom stereocenters. The maximum Gasteiger partial charge on any atom is 0.386 e. The fourth-order valence-corrected chi connectivity index (χ4v) is 9.08. The van der Waals surface area contributed by atoms with Crippen LogP contribution in [0.1, 0.15) is 18.7 Å². The Kier molecular flexibility index (Phi) is 8.22. The van der Waals surface area contributed by atoms with Crippen molar-refractivity contribution in [3.63, 3.8) is 0 Å². The van der Waals surface area contributed by atoms with Gasteiger partial charge < -0.3 is 40.0 Å². The molecule has 2 bridgehead atoms. The Morgan fingerprint density at radius 2 is 1.85 bits per heavy atom. The van der Waals surface area contributed by atoms with Gasteiger partial charge in [0.25, 0.3) is 5.56 Å². The predicted octanol–water partition coefficient (Wildman–Crippen LogP) is 0.0301. The van der Waals surface area contributed by atoms with Gasteiger partial charge in [-0.25, -0.2) is 24.5 Å². The number of nitrogens with two attached hydrogens (primary N) is 2. The number of rotatable bonds is 3. The van der Waals surface area contributed by atoms with Crippen molar-refractivity contribution in [1.82, 2.24) is 39.0 Å². The fraction of sp³-hybridized carbons (Fsp3) is 0.545. The van der Waals surface area contributed by atoms with Gasteiger partial charge in [-0.05, 0) is 18.2 Å². The van der Waals surface area contributed by atoms with Gasteiger partial charge >= 0.3 is 13.5 Å². The van der Waals surface area contributed by atoms with E-state index >= 15 is 0 Å². The second-order valence-electron chi connectivity index (χ2n) is 10.8. The lowest BCUT2D eigenvalue weighted by Gasteiger charge is -2.28. The molecule has 0 spiro atoms. The van der Waals surface area contributed by atoms with Gasteiger partial charge in [-0.15, -0.1) is 0 Å². The van der Waals surface area contributed by atoms with Crippen molar-refractivity contribution >= 4 is 71.7 Å². The molecule has 4 aromatic rings. The van der Waals surface area contributed by atoms with Crippen LogP contribution in [-0.2, 0) is 43.9 Å². The number of aromatic amines is 1. The van der Waals surface area contributed by atoms with Crippen LogP contribution in [0.3, 0.4) is 0 Å². The molecule has 4 aromatic heterocycles. The standard InChI is InChI=1S/C22H28N10O10P2S2/c1-37-15-10-4-39-44(36,46)41-14-8(2-9(13(14)33)31-6-27-11-17(23)25-5-26-18(11)31)3-38-43(35,45)42-16(15)21(40-10)32-7-28-12-19(32)29-22(24)30-20(12)34/h5-10,13-16,21,33H,2-4H2,1H3,(H,35,45)(H,36,46)(H2,23,25,26)(H3,24,29,30,34)/t8-,9-,10-,13+,14-,15-,16-,21-,43?,44?/m1/s1. The molecule has 0 radical (unpaired) electrons. The SMILES string of the molecule is CO[C@H]1[C@H]2OP(O)(=S)OC[C@H]3C[C@@H](n4cnc5c(N)ncnc54)[C@H](O)[C@@H]3OP(=O)(S)OC[C@H]1O[C@H]2n1cnc2c(=O)[nH]c(N)nc21. The molecule has 0 aromatic carbocycles. The first-order valence-electron chi connectivity index (χ1n) is 13.7. The monoisotopic (exact) mass is 718 g/mol. The molecule has 1 saturated carbocycles. The van der Waals surface area contributed by atoms with Gasteiger partial charge in [-0.1, -0.05) is 12.2 Å². The van der Waals surface area contributed by atoms with Crippen molar-refractivity contribution in [3.05, 3.63) is 29.3 Å². The molecule has 7 rings (SSSR count). The van der Waals surface area contributed by atoms with Crippen LogP contribution in [0.5, 0.6) is 0 Å². The predicted molar refractivity (Wildman–Crippen MR) is 165 cm³/mol. The van der Waals surface area contributed by atoms with E-state index in [0.29, 0.717) is 11.2 Å². The molecular formula is C22H28N10O10P2S2. The maximum atomic E-state index is 13.6. The van der Waals surface area contributed by atoms with E-state index in [2.05, 4.69) is 42.2 Å². The van der Waals surface area contributed by atoms with E-state index < -0.39 is 74.4 Å². The molecule has 2 saturated heterocycles. The second kappa shape index (κ2) is 11.8. The zero-order valence-electron chi connectivity index (χ0n) is 23.7. The van der Waals surface area contributed by atoms with Crippen LogP contribution in [0.15, 0.2) is 23.8 Å². The summed E-state index contributed by atoms with van der Waals surface area (Å²) in [7, 11) is 1.36. The molecule has 3 aliphatic rings. The van der Waals surface area contributed by atoms with Crippen molar-refractivity contribution in [3.8, 4) is 0 Å². The lowest BCUT2D eigenvalue weighted by Crippen LogP contribution is -2.37. The third-order valence-electron chi connectivity index (χ3n) is 8.13. The summed E-state index contributed by atoms with van der Waals surface area (Å²) in [6, 6.07) is -0.698. The molecular weight excluding hydrogens is 690 g/mol. The van der Waals surface area contributed by atoms with E-state index in [-0.39, 0.29) is 36.0 Å². The zero-order chi connectivity index (χ0) is 32.5. The summed E-state index contributed by atoms with van der Waals surface area (Å²) in [5.74, 6) is -0.711. The number of nitrogen functional groups attached to an aromatic ring is 2. The van der Waals surface area contributed by atoms with E-state index in [4.69, 9.17) is 50.8 Å². The fourth-order valence-electron chi connectivity index (χ4n) is 6.10. The van der Waals surface area contributed by atoms with Crippen molar-refractivity contribution in [2.75, 3.05) is 31.8 Å². The second-order valence-corrected chi connectivity index (χ2v) is 16.5. The number of thiol groups is 1. The summed E-state index contributed by atoms with van der Waals surface area (Å²) in [6.45, 7) is -8.97. The van der Waals surface area contributed by atoms with E-state index in [0.717, 1.165) is 0 Å². The molecule has 6 heterocycles.